The Morgan fingerprint density at radius 2 is 1.95 bits per heavy atom. The second kappa shape index (κ2) is 5.17. The predicted octanol–water partition coefficient (Wildman–Crippen LogP) is 3.20. The van der Waals surface area contributed by atoms with Crippen molar-refractivity contribution in [3.63, 3.8) is 0 Å². The molecule has 1 heterocycles. The molecule has 0 saturated carbocycles. The first kappa shape index (κ1) is 13.2. The Kier molecular flexibility index (Phi) is 3.59. The highest BCUT2D eigenvalue weighted by Crippen LogP contribution is 2.29. The number of benzene rings is 1. The minimum atomic E-state index is -0.562. The van der Waals surface area contributed by atoms with E-state index < -0.39 is 11.6 Å². The largest absolute Gasteiger partial charge is 0.383 e. The van der Waals surface area contributed by atoms with Gasteiger partial charge >= 0.3 is 0 Å². The van der Waals surface area contributed by atoms with Crippen LogP contribution >= 0.6 is 0 Å². The molecular formula is C13H14F2N4. The molecule has 0 bridgehead atoms. The lowest BCUT2D eigenvalue weighted by molar-refractivity contribution is 0.603. The van der Waals surface area contributed by atoms with E-state index in [9.17, 15) is 8.78 Å². The molecule has 0 radical (unpaired) electrons. The average Bonchev–Trinajstić information content (AvgIpc) is 2.33. The highest BCUT2D eigenvalue weighted by atomic mass is 19.1. The Balaban J connectivity index is 2.44. The normalized spacial score (nSPS) is 10.8. The first-order valence-electron chi connectivity index (χ1n) is 5.81. The quantitative estimate of drug-likeness (QED) is 0.893. The van der Waals surface area contributed by atoms with E-state index in [0.717, 1.165) is 18.2 Å². The summed E-state index contributed by atoms with van der Waals surface area (Å²) in [5.41, 5.74) is 6.47. The standard InChI is InChI=1S/C13H14F2N4/c1-7(2)11-12(16)17-6-18-13(11)19-10-5-8(14)3-4-9(10)15/h3-7H,1-2H3,(H3,16,17,18,19). The zero-order valence-electron chi connectivity index (χ0n) is 10.6. The zero-order valence-corrected chi connectivity index (χ0v) is 10.6. The van der Waals surface area contributed by atoms with Crippen molar-refractivity contribution in [3.05, 3.63) is 41.7 Å². The van der Waals surface area contributed by atoms with E-state index in [1.165, 1.54) is 6.33 Å². The number of halogens is 2. The summed E-state index contributed by atoms with van der Waals surface area (Å²) >= 11 is 0. The third-order valence-corrected chi connectivity index (χ3v) is 2.67. The van der Waals surface area contributed by atoms with Gasteiger partial charge in [-0.05, 0) is 18.1 Å². The first-order chi connectivity index (χ1) is 8.99. The molecule has 6 heteroatoms. The molecule has 0 spiro atoms. The number of anilines is 3. The molecule has 1 aromatic carbocycles. The number of hydrogen-bond donors (Lipinski definition) is 2. The van der Waals surface area contributed by atoms with Gasteiger partial charge in [-0.15, -0.1) is 0 Å². The third kappa shape index (κ3) is 2.78. The van der Waals surface area contributed by atoms with Crippen molar-refractivity contribution >= 4 is 17.3 Å². The van der Waals surface area contributed by atoms with Crippen molar-refractivity contribution in [1.29, 1.82) is 0 Å². The molecule has 3 N–H and O–H groups in total. The third-order valence-electron chi connectivity index (χ3n) is 2.67. The fourth-order valence-corrected chi connectivity index (χ4v) is 1.80. The summed E-state index contributed by atoms with van der Waals surface area (Å²) < 4.78 is 26.7. The SMILES string of the molecule is CC(C)c1c(N)ncnc1Nc1cc(F)ccc1F. The minimum Gasteiger partial charge on any atom is -0.383 e. The van der Waals surface area contributed by atoms with Gasteiger partial charge in [-0.25, -0.2) is 18.7 Å². The summed E-state index contributed by atoms with van der Waals surface area (Å²) in [5, 5.41) is 2.76. The van der Waals surface area contributed by atoms with Crippen molar-refractivity contribution < 1.29 is 8.78 Å². The predicted molar refractivity (Wildman–Crippen MR) is 70.2 cm³/mol. The summed E-state index contributed by atoms with van der Waals surface area (Å²) in [4.78, 5) is 7.94. The average molecular weight is 264 g/mol. The number of aromatic nitrogens is 2. The van der Waals surface area contributed by atoms with E-state index in [1.807, 2.05) is 13.8 Å². The molecule has 0 aliphatic heterocycles. The zero-order chi connectivity index (χ0) is 14.0. The van der Waals surface area contributed by atoms with Crippen LogP contribution in [0.5, 0.6) is 0 Å². The molecule has 4 nitrogen and oxygen atoms in total. The smallest absolute Gasteiger partial charge is 0.146 e. The van der Waals surface area contributed by atoms with E-state index >= 15 is 0 Å². The van der Waals surface area contributed by atoms with Crippen LogP contribution in [0.25, 0.3) is 0 Å². The van der Waals surface area contributed by atoms with Gasteiger partial charge in [0.15, 0.2) is 0 Å². The molecule has 0 saturated heterocycles. The minimum absolute atomic E-state index is 0.0139. The van der Waals surface area contributed by atoms with E-state index in [-0.39, 0.29) is 11.6 Å². The highest BCUT2D eigenvalue weighted by Gasteiger charge is 2.14. The second-order valence-electron chi connectivity index (χ2n) is 4.43. The van der Waals surface area contributed by atoms with Crippen molar-refractivity contribution in [2.45, 2.75) is 19.8 Å². The van der Waals surface area contributed by atoms with Crippen molar-refractivity contribution in [3.8, 4) is 0 Å². The molecule has 2 rings (SSSR count). The van der Waals surface area contributed by atoms with E-state index in [0.29, 0.717) is 17.2 Å². The van der Waals surface area contributed by atoms with Crippen LogP contribution in [-0.2, 0) is 0 Å². The van der Waals surface area contributed by atoms with Crippen LogP contribution in [0.15, 0.2) is 24.5 Å². The number of nitrogens with one attached hydrogen (secondary N) is 1. The molecule has 0 fully saturated rings. The summed E-state index contributed by atoms with van der Waals surface area (Å²) in [6.07, 6.45) is 1.28. The van der Waals surface area contributed by atoms with E-state index in [2.05, 4.69) is 15.3 Å². The Labute approximate surface area is 109 Å². The molecular weight excluding hydrogens is 250 g/mol. The lowest BCUT2D eigenvalue weighted by atomic mass is 10.0. The number of rotatable bonds is 3. The molecule has 2 aromatic rings. The highest BCUT2D eigenvalue weighted by molar-refractivity contribution is 5.65. The number of nitrogen functional groups attached to an aromatic ring is 1. The van der Waals surface area contributed by atoms with Crippen molar-refractivity contribution in [1.82, 2.24) is 9.97 Å². The second-order valence-corrected chi connectivity index (χ2v) is 4.43. The molecule has 0 atom stereocenters. The topological polar surface area (TPSA) is 63.8 Å². The van der Waals surface area contributed by atoms with Crippen LogP contribution < -0.4 is 11.1 Å². The number of nitrogens with zero attached hydrogens (tertiary/aromatic N) is 2. The number of hydrogen-bond acceptors (Lipinski definition) is 4. The Morgan fingerprint density at radius 1 is 1.21 bits per heavy atom. The Hall–Kier alpha value is -2.24. The van der Waals surface area contributed by atoms with Crippen molar-refractivity contribution in [2.75, 3.05) is 11.1 Å². The van der Waals surface area contributed by atoms with Gasteiger partial charge in [0.05, 0.1) is 5.69 Å². The summed E-state index contributed by atoms with van der Waals surface area (Å²) in [6.45, 7) is 3.84. The molecule has 100 valence electrons. The maximum atomic E-state index is 13.6. The van der Waals surface area contributed by atoms with Gasteiger partial charge in [0, 0.05) is 11.6 Å². The summed E-state index contributed by atoms with van der Waals surface area (Å²) in [7, 11) is 0. The van der Waals surface area contributed by atoms with E-state index in [1.54, 1.807) is 0 Å². The maximum absolute atomic E-state index is 13.6. The fourth-order valence-electron chi connectivity index (χ4n) is 1.80. The van der Waals surface area contributed by atoms with Crippen LogP contribution in [0.3, 0.4) is 0 Å². The van der Waals surface area contributed by atoms with Gasteiger partial charge in [-0.3, -0.25) is 0 Å². The number of nitrogens with two attached hydrogens (primary N) is 1. The molecule has 0 aliphatic carbocycles. The van der Waals surface area contributed by atoms with Crippen LogP contribution in [0, 0.1) is 11.6 Å². The van der Waals surface area contributed by atoms with Gasteiger partial charge in [0.1, 0.15) is 29.6 Å². The van der Waals surface area contributed by atoms with Gasteiger partial charge in [0.2, 0.25) is 0 Å². The Morgan fingerprint density at radius 3 is 2.63 bits per heavy atom. The molecule has 1 aromatic heterocycles. The lowest BCUT2D eigenvalue weighted by Crippen LogP contribution is -2.07. The van der Waals surface area contributed by atoms with E-state index in [4.69, 9.17) is 5.73 Å². The summed E-state index contributed by atoms with van der Waals surface area (Å²) in [5.74, 6) is -0.332. The molecule has 0 aliphatic rings. The molecule has 0 amide bonds. The van der Waals surface area contributed by atoms with Gasteiger partial charge < -0.3 is 11.1 Å². The van der Waals surface area contributed by atoms with Gasteiger partial charge in [0.25, 0.3) is 0 Å². The fraction of sp³-hybridized carbons (Fsp3) is 0.231. The Bertz CT molecular complexity index is 599. The van der Waals surface area contributed by atoms with Crippen LogP contribution in [-0.4, -0.2) is 9.97 Å². The molecule has 0 unspecified atom stereocenters. The molecule has 19 heavy (non-hydrogen) atoms. The van der Waals surface area contributed by atoms with Gasteiger partial charge in [-0.2, -0.15) is 0 Å². The lowest BCUT2D eigenvalue weighted by Gasteiger charge is -2.15. The van der Waals surface area contributed by atoms with Gasteiger partial charge in [-0.1, -0.05) is 13.8 Å². The van der Waals surface area contributed by atoms with Crippen LogP contribution in [0.4, 0.5) is 26.1 Å². The van der Waals surface area contributed by atoms with Crippen LogP contribution in [0.2, 0.25) is 0 Å². The monoisotopic (exact) mass is 264 g/mol. The summed E-state index contributed by atoms with van der Waals surface area (Å²) in [6, 6.07) is 3.17. The van der Waals surface area contributed by atoms with Crippen molar-refractivity contribution in [2.24, 2.45) is 0 Å². The van der Waals surface area contributed by atoms with Crippen LogP contribution in [0.1, 0.15) is 25.3 Å². The maximum Gasteiger partial charge on any atom is 0.146 e. The first-order valence-corrected chi connectivity index (χ1v) is 5.81.